The van der Waals surface area contributed by atoms with E-state index >= 15 is 0 Å². The molecule has 1 aliphatic heterocycles. The largest absolute Gasteiger partial charge is 0.491 e. The number of benzene rings is 1. The van der Waals surface area contributed by atoms with E-state index in [-0.39, 0.29) is 6.10 Å². The molecule has 0 saturated heterocycles. The van der Waals surface area contributed by atoms with Crippen molar-refractivity contribution in [2.24, 2.45) is 0 Å². The van der Waals surface area contributed by atoms with Gasteiger partial charge in [0, 0.05) is 12.5 Å². The minimum Gasteiger partial charge on any atom is -0.491 e. The molecule has 1 unspecified atom stereocenters. The van der Waals surface area contributed by atoms with Crippen LogP contribution in [0, 0.1) is 0 Å². The molecule has 0 spiro atoms. The average molecular weight is 266 g/mol. The number of carbonyl (C=O) groups is 1. The van der Waals surface area contributed by atoms with Crippen LogP contribution in [-0.2, 0) is 16.0 Å². The average Bonchev–Trinajstić information content (AvgIpc) is 2.77. The zero-order valence-corrected chi connectivity index (χ0v) is 11.1. The van der Waals surface area contributed by atoms with Gasteiger partial charge in [0.2, 0.25) is 0 Å². The summed E-state index contributed by atoms with van der Waals surface area (Å²) in [5, 5.41) is 8.91. The van der Waals surface area contributed by atoms with Gasteiger partial charge in [-0.25, -0.2) is 4.79 Å². The SMILES string of the molecule is CC(C)OCCOc1ccc2c(c1)OC(C(=O)O)C2. The van der Waals surface area contributed by atoms with Crippen molar-refractivity contribution in [3.8, 4) is 11.5 Å². The zero-order valence-electron chi connectivity index (χ0n) is 11.1. The molecule has 2 rings (SSSR count). The fraction of sp³-hybridized carbons (Fsp3) is 0.500. The number of fused-ring (bicyclic) bond motifs is 1. The van der Waals surface area contributed by atoms with Gasteiger partial charge in [-0.2, -0.15) is 0 Å². The van der Waals surface area contributed by atoms with Gasteiger partial charge in [-0.15, -0.1) is 0 Å². The van der Waals surface area contributed by atoms with Crippen LogP contribution in [0.25, 0.3) is 0 Å². The molecule has 0 fully saturated rings. The number of hydrogen-bond acceptors (Lipinski definition) is 4. The van der Waals surface area contributed by atoms with Crippen LogP contribution in [0.4, 0.5) is 0 Å². The molecular weight excluding hydrogens is 248 g/mol. The van der Waals surface area contributed by atoms with Gasteiger partial charge in [-0.1, -0.05) is 6.07 Å². The third-order valence-electron chi connectivity index (χ3n) is 2.79. The number of rotatable bonds is 6. The lowest BCUT2D eigenvalue weighted by Crippen LogP contribution is -2.24. The van der Waals surface area contributed by atoms with Crippen molar-refractivity contribution in [1.29, 1.82) is 0 Å². The predicted octanol–water partition coefficient (Wildman–Crippen LogP) is 1.88. The Morgan fingerprint density at radius 2 is 2.26 bits per heavy atom. The second-order valence-corrected chi connectivity index (χ2v) is 4.69. The van der Waals surface area contributed by atoms with Crippen LogP contribution in [0.1, 0.15) is 19.4 Å². The lowest BCUT2D eigenvalue weighted by atomic mass is 10.1. The van der Waals surface area contributed by atoms with Gasteiger partial charge in [0.25, 0.3) is 0 Å². The van der Waals surface area contributed by atoms with Crippen LogP contribution in [0.3, 0.4) is 0 Å². The van der Waals surface area contributed by atoms with E-state index in [4.69, 9.17) is 19.3 Å². The van der Waals surface area contributed by atoms with Crippen molar-refractivity contribution in [2.45, 2.75) is 32.5 Å². The van der Waals surface area contributed by atoms with Gasteiger partial charge in [-0.05, 0) is 25.5 Å². The molecule has 0 aliphatic carbocycles. The van der Waals surface area contributed by atoms with Crippen LogP contribution in [0.2, 0.25) is 0 Å². The fourth-order valence-corrected chi connectivity index (χ4v) is 1.88. The van der Waals surface area contributed by atoms with E-state index < -0.39 is 12.1 Å². The molecule has 5 heteroatoms. The second kappa shape index (κ2) is 5.93. The van der Waals surface area contributed by atoms with Crippen molar-refractivity contribution in [1.82, 2.24) is 0 Å². The molecule has 0 saturated carbocycles. The van der Waals surface area contributed by atoms with E-state index in [0.29, 0.717) is 31.1 Å². The molecule has 0 bridgehead atoms. The van der Waals surface area contributed by atoms with Crippen molar-refractivity contribution < 1.29 is 24.1 Å². The maximum atomic E-state index is 10.9. The van der Waals surface area contributed by atoms with Gasteiger partial charge in [0.1, 0.15) is 18.1 Å². The molecule has 1 aromatic carbocycles. The van der Waals surface area contributed by atoms with E-state index in [1.807, 2.05) is 26.0 Å². The van der Waals surface area contributed by atoms with Crippen molar-refractivity contribution in [3.05, 3.63) is 23.8 Å². The van der Waals surface area contributed by atoms with Crippen LogP contribution in [0.15, 0.2) is 18.2 Å². The Bertz CT molecular complexity index is 455. The summed E-state index contributed by atoms with van der Waals surface area (Å²) in [6.45, 7) is 4.91. The van der Waals surface area contributed by atoms with E-state index in [0.717, 1.165) is 5.56 Å². The molecule has 1 atom stereocenters. The third-order valence-corrected chi connectivity index (χ3v) is 2.79. The Morgan fingerprint density at radius 3 is 2.95 bits per heavy atom. The quantitative estimate of drug-likeness (QED) is 0.796. The van der Waals surface area contributed by atoms with Crippen LogP contribution >= 0.6 is 0 Å². The Morgan fingerprint density at radius 1 is 1.47 bits per heavy atom. The number of aliphatic carboxylic acids is 1. The smallest absolute Gasteiger partial charge is 0.345 e. The summed E-state index contributed by atoms with van der Waals surface area (Å²) in [6, 6.07) is 5.40. The monoisotopic (exact) mass is 266 g/mol. The zero-order chi connectivity index (χ0) is 13.8. The Balaban J connectivity index is 1.89. The summed E-state index contributed by atoms with van der Waals surface area (Å²) in [7, 11) is 0. The number of ether oxygens (including phenoxy) is 3. The standard InChI is InChI=1S/C14H18O5/c1-9(2)17-5-6-18-11-4-3-10-7-13(14(15)16)19-12(10)8-11/h3-4,8-9,13H,5-7H2,1-2H3,(H,15,16). The number of carboxylic acids is 1. The molecule has 0 amide bonds. The highest BCUT2D eigenvalue weighted by molar-refractivity contribution is 5.74. The summed E-state index contributed by atoms with van der Waals surface area (Å²) in [6.07, 6.45) is -0.195. The first-order valence-electron chi connectivity index (χ1n) is 6.33. The third kappa shape index (κ3) is 3.61. The first kappa shape index (κ1) is 13.7. The van der Waals surface area contributed by atoms with Crippen molar-refractivity contribution >= 4 is 5.97 Å². The molecule has 1 N–H and O–H groups in total. The highest BCUT2D eigenvalue weighted by Crippen LogP contribution is 2.32. The first-order chi connectivity index (χ1) is 9.06. The topological polar surface area (TPSA) is 65.0 Å². The molecule has 1 aliphatic rings. The minimum atomic E-state index is -0.941. The molecule has 1 heterocycles. The highest BCUT2D eigenvalue weighted by Gasteiger charge is 2.28. The molecule has 0 aromatic heterocycles. The lowest BCUT2D eigenvalue weighted by Gasteiger charge is -2.10. The van der Waals surface area contributed by atoms with Gasteiger partial charge < -0.3 is 19.3 Å². The summed E-state index contributed by atoms with van der Waals surface area (Å²) in [5.74, 6) is 0.316. The van der Waals surface area contributed by atoms with Gasteiger partial charge in [0.15, 0.2) is 6.10 Å². The maximum Gasteiger partial charge on any atom is 0.345 e. The summed E-state index contributed by atoms with van der Waals surface area (Å²) < 4.78 is 16.2. The Hall–Kier alpha value is -1.75. The number of hydrogen-bond donors (Lipinski definition) is 1. The molecule has 104 valence electrons. The summed E-state index contributed by atoms with van der Waals surface area (Å²) in [5.41, 5.74) is 0.901. The van der Waals surface area contributed by atoms with Crippen LogP contribution < -0.4 is 9.47 Å². The predicted molar refractivity (Wildman–Crippen MR) is 68.8 cm³/mol. The Labute approximate surface area is 112 Å². The normalized spacial score (nSPS) is 17.1. The molecule has 0 radical (unpaired) electrons. The van der Waals surface area contributed by atoms with Gasteiger partial charge in [-0.3, -0.25) is 0 Å². The molecule has 5 nitrogen and oxygen atoms in total. The lowest BCUT2D eigenvalue weighted by molar-refractivity contribution is -0.144. The van der Waals surface area contributed by atoms with E-state index in [1.54, 1.807) is 6.07 Å². The van der Waals surface area contributed by atoms with Gasteiger partial charge in [0.05, 0.1) is 12.7 Å². The summed E-state index contributed by atoms with van der Waals surface area (Å²) in [4.78, 5) is 10.9. The molecule has 19 heavy (non-hydrogen) atoms. The summed E-state index contributed by atoms with van der Waals surface area (Å²) >= 11 is 0. The van der Waals surface area contributed by atoms with Crippen molar-refractivity contribution in [3.63, 3.8) is 0 Å². The minimum absolute atomic E-state index is 0.184. The highest BCUT2D eigenvalue weighted by atomic mass is 16.5. The second-order valence-electron chi connectivity index (χ2n) is 4.69. The van der Waals surface area contributed by atoms with Gasteiger partial charge >= 0.3 is 5.97 Å². The van der Waals surface area contributed by atoms with E-state index in [9.17, 15) is 4.79 Å². The maximum absolute atomic E-state index is 10.9. The Kier molecular flexibility index (Phi) is 4.27. The molecular formula is C14H18O5. The molecule has 1 aromatic rings. The van der Waals surface area contributed by atoms with E-state index in [1.165, 1.54) is 0 Å². The van der Waals surface area contributed by atoms with Crippen LogP contribution in [-0.4, -0.2) is 36.5 Å². The van der Waals surface area contributed by atoms with Crippen molar-refractivity contribution in [2.75, 3.05) is 13.2 Å². The van der Waals surface area contributed by atoms with Crippen LogP contribution in [0.5, 0.6) is 11.5 Å². The first-order valence-corrected chi connectivity index (χ1v) is 6.33. The van der Waals surface area contributed by atoms with E-state index in [2.05, 4.69) is 0 Å². The fourth-order valence-electron chi connectivity index (χ4n) is 1.88. The number of carboxylic acid groups (broad SMARTS) is 1.